The fourth-order valence-electron chi connectivity index (χ4n) is 0.900. The van der Waals surface area contributed by atoms with Gasteiger partial charge in [0.05, 0.1) is 6.10 Å². The van der Waals surface area contributed by atoms with E-state index in [0.29, 0.717) is 6.54 Å². The van der Waals surface area contributed by atoms with Crippen molar-refractivity contribution in [2.45, 2.75) is 39.3 Å². The predicted molar refractivity (Wildman–Crippen MR) is 52.5 cm³/mol. The van der Waals surface area contributed by atoms with Gasteiger partial charge in [-0.1, -0.05) is 0 Å². The van der Waals surface area contributed by atoms with Gasteiger partial charge in [0.25, 0.3) is 0 Å². The Labute approximate surface area is 80.0 Å². The second kappa shape index (κ2) is 5.80. The highest BCUT2D eigenvalue weighted by atomic mass is 16.6. The van der Waals surface area contributed by atoms with Crippen LogP contribution >= 0.6 is 0 Å². The third-order valence-corrected chi connectivity index (χ3v) is 1.87. The van der Waals surface area contributed by atoms with Crippen LogP contribution in [0.3, 0.4) is 0 Å². The molecule has 1 amide bonds. The number of nitrogens with two attached hydrogens (primary N) is 1. The van der Waals surface area contributed by atoms with Crippen molar-refractivity contribution in [2.75, 3.05) is 13.6 Å². The molecule has 78 valence electrons. The first-order valence-corrected chi connectivity index (χ1v) is 4.62. The number of rotatable bonds is 4. The molecule has 0 fully saturated rings. The number of carbonyl (C=O) groups is 1. The van der Waals surface area contributed by atoms with E-state index in [0.717, 1.165) is 6.42 Å². The summed E-state index contributed by atoms with van der Waals surface area (Å²) in [5.41, 5.74) is 5.39. The van der Waals surface area contributed by atoms with Gasteiger partial charge in [0, 0.05) is 13.1 Å². The normalized spacial score (nSPS) is 12.8. The van der Waals surface area contributed by atoms with Crippen LogP contribution in [0.15, 0.2) is 0 Å². The average Bonchev–Trinajstić information content (AvgIpc) is 2.02. The van der Waals surface area contributed by atoms with Crippen molar-refractivity contribution in [1.29, 1.82) is 0 Å². The number of nitrogens with zero attached hydrogens (tertiary/aromatic N) is 1. The zero-order valence-electron chi connectivity index (χ0n) is 8.91. The number of hydrogen-bond donors (Lipinski definition) is 1. The summed E-state index contributed by atoms with van der Waals surface area (Å²) < 4.78 is 5.03. The monoisotopic (exact) mass is 188 g/mol. The summed E-state index contributed by atoms with van der Waals surface area (Å²) in [6.45, 7) is 6.20. The fourth-order valence-corrected chi connectivity index (χ4v) is 0.900. The highest BCUT2D eigenvalue weighted by molar-refractivity contribution is 5.67. The zero-order valence-corrected chi connectivity index (χ0v) is 8.91. The molecule has 0 heterocycles. The van der Waals surface area contributed by atoms with Gasteiger partial charge in [0.1, 0.15) is 0 Å². The third-order valence-electron chi connectivity index (χ3n) is 1.87. The zero-order chi connectivity index (χ0) is 10.4. The summed E-state index contributed by atoms with van der Waals surface area (Å²) >= 11 is 0. The van der Waals surface area contributed by atoms with E-state index in [-0.39, 0.29) is 18.2 Å². The SMILES string of the molecule is CC(C)OC(=O)N(C)C(C)CCN. The maximum absolute atomic E-state index is 11.3. The summed E-state index contributed by atoms with van der Waals surface area (Å²) in [5, 5.41) is 0. The van der Waals surface area contributed by atoms with E-state index in [1.807, 2.05) is 20.8 Å². The Morgan fingerprint density at radius 1 is 1.46 bits per heavy atom. The van der Waals surface area contributed by atoms with Gasteiger partial charge < -0.3 is 15.4 Å². The van der Waals surface area contributed by atoms with Crippen LogP contribution in [0.25, 0.3) is 0 Å². The standard InChI is InChI=1S/C9H20N2O2/c1-7(2)13-9(12)11(4)8(3)5-6-10/h7-8H,5-6,10H2,1-4H3. The first kappa shape index (κ1) is 12.2. The molecule has 1 atom stereocenters. The molecule has 0 saturated carbocycles. The molecule has 0 rings (SSSR count). The quantitative estimate of drug-likeness (QED) is 0.721. The van der Waals surface area contributed by atoms with Crippen molar-refractivity contribution >= 4 is 6.09 Å². The molecule has 0 aromatic heterocycles. The molecular formula is C9H20N2O2. The average molecular weight is 188 g/mol. The molecule has 2 N–H and O–H groups in total. The van der Waals surface area contributed by atoms with E-state index in [1.165, 1.54) is 0 Å². The molecule has 0 spiro atoms. The minimum atomic E-state index is -0.282. The number of hydrogen-bond acceptors (Lipinski definition) is 3. The van der Waals surface area contributed by atoms with Crippen LogP contribution < -0.4 is 5.73 Å². The molecule has 4 heteroatoms. The van der Waals surface area contributed by atoms with Gasteiger partial charge in [-0.25, -0.2) is 4.79 Å². The van der Waals surface area contributed by atoms with Crippen LogP contribution in [-0.2, 0) is 4.74 Å². The predicted octanol–water partition coefficient (Wildman–Crippen LogP) is 1.20. The van der Waals surface area contributed by atoms with Crippen molar-refractivity contribution < 1.29 is 9.53 Å². The summed E-state index contributed by atoms with van der Waals surface area (Å²) in [7, 11) is 1.73. The number of amides is 1. The molecule has 0 bridgehead atoms. The van der Waals surface area contributed by atoms with Crippen LogP contribution in [0.4, 0.5) is 4.79 Å². The van der Waals surface area contributed by atoms with Crippen molar-refractivity contribution in [3.63, 3.8) is 0 Å². The minimum Gasteiger partial charge on any atom is -0.447 e. The third kappa shape index (κ3) is 4.72. The Morgan fingerprint density at radius 3 is 2.38 bits per heavy atom. The van der Waals surface area contributed by atoms with Gasteiger partial charge in [-0.15, -0.1) is 0 Å². The minimum absolute atomic E-state index is 0.0694. The van der Waals surface area contributed by atoms with E-state index in [2.05, 4.69) is 0 Å². The highest BCUT2D eigenvalue weighted by Crippen LogP contribution is 2.03. The van der Waals surface area contributed by atoms with E-state index >= 15 is 0 Å². The molecule has 0 aromatic rings. The summed E-state index contributed by atoms with van der Waals surface area (Å²) in [6.07, 6.45) is 0.444. The first-order valence-electron chi connectivity index (χ1n) is 4.62. The van der Waals surface area contributed by atoms with Crippen molar-refractivity contribution in [2.24, 2.45) is 5.73 Å². The molecule has 0 aliphatic rings. The van der Waals surface area contributed by atoms with Crippen LogP contribution in [0.2, 0.25) is 0 Å². The molecule has 0 saturated heterocycles. The van der Waals surface area contributed by atoms with Crippen LogP contribution in [0.5, 0.6) is 0 Å². The number of ether oxygens (including phenoxy) is 1. The van der Waals surface area contributed by atoms with Gasteiger partial charge >= 0.3 is 6.09 Å². The van der Waals surface area contributed by atoms with Crippen molar-refractivity contribution in [1.82, 2.24) is 4.90 Å². The van der Waals surface area contributed by atoms with Gasteiger partial charge in [0.2, 0.25) is 0 Å². The van der Waals surface area contributed by atoms with E-state index in [1.54, 1.807) is 11.9 Å². The molecular weight excluding hydrogens is 168 g/mol. The summed E-state index contributed by atoms with van der Waals surface area (Å²) in [6, 6.07) is 0.135. The van der Waals surface area contributed by atoms with E-state index in [4.69, 9.17) is 10.5 Å². The van der Waals surface area contributed by atoms with Gasteiger partial charge in [0.15, 0.2) is 0 Å². The maximum Gasteiger partial charge on any atom is 0.409 e. The van der Waals surface area contributed by atoms with E-state index in [9.17, 15) is 4.79 Å². The lowest BCUT2D eigenvalue weighted by Crippen LogP contribution is -2.37. The van der Waals surface area contributed by atoms with Gasteiger partial charge in [-0.2, -0.15) is 0 Å². The first-order chi connectivity index (χ1) is 5.99. The molecule has 4 nitrogen and oxygen atoms in total. The second-order valence-electron chi connectivity index (χ2n) is 3.47. The molecule has 1 unspecified atom stereocenters. The summed E-state index contributed by atoms with van der Waals surface area (Å²) in [5.74, 6) is 0. The topological polar surface area (TPSA) is 55.6 Å². The Balaban J connectivity index is 3.93. The Hall–Kier alpha value is -0.770. The molecule has 0 aromatic carbocycles. The summed E-state index contributed by atoms with van der Waals surface area (Å²) in [4.78, 5) is 12.9. The van der Waals surface area contributed by atoms with Gasteiger partial charge in [-0.05, 0) is 33.7 Å². The fraction of sp³-hybridized carbons (Fsp3) is 0.889. The van der Waals surface area contributed by atoms with Crippen LogP contribution in [0.1, 0.15) is 27.2 Å². The van der Waals surface area contributed by atoms with Crippen LogP contribution in [0, 0.1) is 0 Å². The maximum atomic E-state index is 11.3. The molecule has 0 aliphatic carbocycles. The van der Waals surface area contributed by atoms with Crippen molar-refractivity contribution in [3.05, 3.63) is 0 Å². The molecule has 0 radical (unpaired) electrons. The Morgan fingerprint density at radius 2 is 2.00 bits per heavy atom. The highest BCUT2D eigenvalue weighted by Gasteiger charge is 2.16. The second-order valence-corrected chi connectivity index (χ2v) is 3.47. The molecule has 13 heavy (non-hydrogen) atoms. The van der Waals surface area contributed by atoms with Gasteiger partial charge in [-0.3, -0.25) is 0 Å². The van der Waals surface area contributed by atoms with Crippen molar-refractivity contribution in [3.8, 4) is 0 Å². The lowest BCUT2D eigenvalue weighted by Gasteiger charge is -2.24. The number of carbonyl (C=O) groups excluding carboxylic acids is 1. The Kier molecular flexibility index (Phi) is 5.46. The van der Waals surface area contributed by atoms with Crippen LogP contribution in [-0.4, -0.2) is 36.7 Å². The molecule has 0 aliphatic heterocycles. The van der Waals surface area contributed by atoms with E-state index < -0.39 is 0 Å². The lowest BCUT2D eigenvalue weighted by atomic mass is 10.2. The smallest absolute Gasteiger partial charge is 0.409 e. The largest absolute Gasteiger partial charge is 0.447 e. The Bertz CT molecular complexity index is 160. The lowest BCUT2D eigenvalue weighted by molar-refractivity contribution is 0.0737.